The van der Waals surface area contributed by atoms with Crippen LogP contribution in [0.15, 0.2) is 0 Å². The van der Waals surface area contributed by atoms with Crippen molar-refractivity contribution in [2.45, 2.75) is 0 Å². The van der Waals surface area contributed by atoms with Gasteiger partial charge < -0.3 is 5.73 Å². The molecule has 5 heavy (non-hydrogen) atoms. The van der Waals surface area contributed by atoms with E-state index in [-0.39, 0.29) is 29.6 Å². The van der Waals surface area contributed by atoms with Gasteiger partial charge in [-0.2, -0.15) is 0 Å². The summed E-state index contributed by atoms with van der Waals surface area (Å²) >= 11 is 4.41. The van der Waals surface area contributed by atoms with Crippen LogP contribution in [0.2, 0.25) is 0 Å². The Labute approximate surface area is 57.0 Å². The molecule has 0 fully saturated rings. The zero-order valence-corrected chi connectivity index (χ0v) is 2.62. The first-order valence-electron chi connectivity index (χ1n) is 0.682. The van der Waals surface area contributed by atoms with Crippen LogP contribution in [0.5, 0.6) is 0 Å². The molecule has 0 atom stereocenters. The normalized spacial score (nSPS) is 5.00. The van der Waals surface area contributed by atoms with Crippen molar-refractivity contribution in [3.05, 3.63) is 0 Å². The Balaban J connectivity index is 0. The van der Waals surface area contributed by atoms with Gasteiger partial charge in [0.25, 0.3) is 0 Å². The molecule has 0 radical (unpaired) electrons. The van der Waals surface area contributed by atoms with Gasteiger partial charge >= 0.3 is 34.9 Å². The molecule has 0 aliphatic rings. The van der Waals surface area contributed by atoms with Crippen molar-refractivity contribution in [3.63, 3.8) is 0 Å². The van der Waals surface area contributed by atoms with Crippen LogP contribution in [0.3, 0.4) is 0 Å². The number of nitrogens with two attached hydrogens (primary N) is 1. The van der Waals surface area contributed by atoms with Gasteiger partial charge in [0.1, 0.15) is 0 Å². The third-order valence-electron chi connectivity index (χ3n) is 0. The Hall–Kier alpha value is 0.760. The second-order valence-electron chi connectivity index (χ2n) is 0.304. The fraction of sp³-hybridized carbons (Fsp3) is 0. The minimum absolute atomic E-state index is 0. The van der Waals surface area contributed by atoms with Crippen molar-refractivity contribution in [2.24, 2.45) is 5.73 Å². The monoisotopic (exact) mass is 103 g/mol. The minimum atomic E-state index is -0.861. The summed E-state index contributed by atoms with van der Waals surface area (Å²) in [5.74, 6) is 0. The quantitative estimate of drug-likeness (QED) is 0.254. The summed E-state index contributed by atoms with van der Waals surface area (Å²) in [6.07, 6.45) is 0. The fourth-order valence-electron chi connectivity index (χ4n) is 0. The van der Waals surface area contributed by atoms with Crippen LogP contribution >= 0.6 is 11.6 Å². The topological polar surface area (TPSA) is 43.1 Å². The van der Waals surface area contributed by atoms with Crippen molar-refractivity contribution in [1.29, 1.82) is 0 Å². The summed E-state index contributed by atoms with van der Waals surface area (Å²) in [5, 5.41) is -0.861. The first-order valence-corrected chi connectivity index (χ1v) is 1.06. The van der Waals surface area contributed by atoms with Gasteiger partial charge in [0.05, 0.1) is 0 Å². The van der Waals surface area contributed by atoms with Crippen LogP contribution in [0.1, 0.15) is 0 Å². The Morgan fingerprint density at radius 2 is 1.80 bits per heavy atom. The van der Waals surface area contributed by atoms with E-state index in [1.165, 1.54) is 0 Å². The number of halogens is 1. The number of hydrogen-bond donors (Lipinski definition) is 1. The maximum atomic E-state index is 8.99. The molecule has 0 heterocycles. The van der Waals surface area contributed by atoms with Crippen molar-refractivity contribution in [2.75, 3.05) is 0 Å². The summed E-state index contributed by atoms with van der Waals surface area (Å²) in [6, 6.07) is 0. The Morgan fingerprint density at radius 3 is 1.80 bits per heavy atom. The second-order valence-corrected chi connectivity index (χ2v) is 0.677. The van der Waals surface area contributed by atoms with Gasteiger partial charge in [-0.05, 0) is 11.6 Å². The molecule has 0 aromatic heterocycles. The van der Waals surface area contributed by atoms with E-state index in [1.807, 2.05) is 0 Å². The van der Waals surface area contributed by atoms with Crippen LogP contribution in [0.25, 0.3) is 0 Å². The predicted octanol–water partition coefficient (Wildman–Crippen LogP) is -0.345. The SMILES string of the molecule is NC(=O)Cl.[NaH]. The summed E-state index contributed by atoms with van der Waals surface area (Å²) < 4.78 is 0. The molecule has 0 aliphatic heterocycles. The van der Waals surface area contributed by atoms with E-state index in [0.29, 0.717) is 0 Å². The molecule has 2 nitrogen and oxygen atoms in total. The first kappa shape index (κ1) is 9.23. The summed E-state index contributed by atoms with van der Waals surface area (Å²) in [4.78, 5) is 8.99. The van der Waals surface area contributed by atoms with E-state index in [1.54, 1.807) is 0 Å². The fourth-order valence-corrected chi connectivity index (χ4v) is 0. The molecule has 4 heteroatoms. The molecule has 0 unspecified atom stereocenters. The predicted molar refractivity (Wildman–Crippen MR) is 22.6 cm³/mol. The van der Waals surface area contributed by atoms with Crippen molar-refractivity contribution in [3.8, 4) is 0 Å². The third kappa shape index (κ3) is 62.8. The third-order valence-corrected chi connectivity index (χ3v) is 0. The molecule has 2 N–H and O–H groups in total. The standard InChI is InChI=1S/CH2ClNO.Na.H/c2-1(3)4;;/h(H2,3,4);;. The van der Waals surface area contributed by atoms with Gasteiger partial charge in [0.15, 0.2) is 0 Å². The Kier molecular flexibility index (Phi) is 8.79. The molecular weight excluding hydrogens is 100 g/mol. The van der Waals surface area contributed by atoms with E-state index < -0.39 is 5.37 Å². The number of hydrogen-bond acceptors (Lipinski definition) is 1. The van der Waals surface area contributed by atoms with Crippen LogP contribution in [-0.2, 0) is 0 Å². The van der Waals surface area contributed by atoms with Crippen LogP contribution in [-0.4, -0.2) is 34.9 Å². The summed E-state index contributed by atoms with van der Waals surface area (Å²) in [5.41, 5.74) is 4.24. The molecule has 1 amide bonds. The summed E-state index contributed by atoms with van der Waals surface area (Å²) in [7, 11) is 0. The van der Waals surface area contributed by atoms with Gasteiger partial charge in [-0.3, -0.25) is 4.79 Å². The summed E-state index contributed by atoms with van der Waals surface area (Å²) in [6.45, 7) is 0. The molecule has 0 bridgehead atoms. The molecule has 0 saturated heterocycles. The van der Waals surface area contributed by atoms with Crippen LogP contribution in [0, 0.1) is 0 Å². The van der Waals surface area contributed by atoms with Gasteiger partial charge in [0, 0.05) is 0 Å². The molecular formula is CH3ClNNaO. The van der Waals surface area contributed by atoms with Gasteiger partial charge in [-0.1, -0.05) is 0 Å². The molecule has 0 aromatic rings. The van der Waals surface area contributed by atoms with E-state index >= 15 is 0 Å². The Morgan fingerprint density at radius 1 is 1.80 bits per heavy atom. The number of carbonyl (C=O) groups excluding carboxylic acids is 1. The number of carbonyl (C=O) groups is 1. The second kappa shape index (κ2) is 4.76. The average Bonchev–Trinajstić information content (AvgIpc) is 0.811. The van der Waals surface area contributed by atoms with Gasteiger partial charge in [0.2, 0.25) is 0 Å². The van der Waals surface area contributed by atoms with Gasteiger partial charge in [-0.15, -0.1) is 0 Å². The van der Waals surface area contributed by atoms with Crippen LogP contribution in [0.4, 0.5) is 4.79 Å². The number of amides is 1. The number of primary amides is 1. The van der Waals surface area contributed by atoms with Crippen molar-refractivity contribution < 1.29 is 4.79 Å². The van der Waals surface area contributed by atoms with Gasteiger partial charge in [-0.25, -0.2) is 0 Å². The number of rotatable bonds is 0. The van der Waals surface area contributed by atoms with E-state index in [9.17, 15) is 0 Å². The maximum absolute atomic E-state index is 8.99. The average molecular weight is 103 g/mol. The van der Waals surface area contributed by atoms with E-state index in [4.69, 9.17) is 4.79 Å². The molecule has 0 saturated carbocycles. The van der Waals surface area contributed by atoms with Crippen molar-refractivity contribution in [1.82, 2.24) is 0 Å². The zero-order chi connectivity index (χ0) is 3.58. The molecule has 26 valence electrons. The van der Waals surface area contributed by atoms with E-state index in [0.717, 1.165) is 0 Å². The molecule has 0 aromatic carbocycles. The molecule has 0 rings (SSSR count). The molecule has 0 aliphatic carbocycles. The van der Waals surface area contributed by atoms with Crippen LogP contribution < -0.4 is 5.73 Å². The first-order chi connectivity index (χ1) is 1.73. The molecule has 0 spiro atoms. The van der Waals surface area contributed by atoms with E-state index in [2.05, 4.69) is 17.3 Å². The van der Waals surface area contributed by atoms with Crippen molar-refractivity contribution >= 4 is 46.5 Å². The zero-order valence-electron chi connectivity index (χ0n) is 1.86. The Bertz CT molecular complexity index is 34.6.